The van der Waals surface area contributed by atoms with E-state index in [2.05, 4.69) is 5.16 Å². The lowest BCUT2D eigenvalue weighted by atomic mass is 10.0. The van der Waals surface area contributed by atoms with E-state index in [1.165, 1.54) is 13.2 Å². The molecule has 1 aromatic heterocycles. The number of fused-ring (bicyclic) bond motifs is 1. The van der Waals surface area contributed by atoms with E-state index in [-0.39, 0.29) is 24.6 Å². The predicted octanol–water partition coefficient (Wildman–Crippen LogP) is 5.07. The van der Waals surface area contributed by atoms with Crippen LogP contribution < -0.4 is 9.47 Å². The van der Waals surface area contributed by atoms with Gasteiger partial charge in [0.05, 0.1) is 23.9 Å². The van der Waals surface area contributed by atoms with Crippen molar-refractivity contribution >= 4 is 22.5 Å². The summed E-state index contributed by atoms with van der Waals surface area (Å²) in [5, 5.41) is 5.89. The van der Waals surface area contributed by atoms with Crippen LogP contribution in [-0.4, -0.2) is 30.6 Å². The first-order valence-corrected chi connectivity index (χ1v) is 10.4. The van der Waals surface area contributed by atoms with E-state index in [0.29, 0.717) is 22.8 Å². The number of methoxy groups -OCH3 is 1. The van der Waals surface area contributed by atoms with Crippen molar-refractivity contribution in [2.75, 3.05) is 13.7 Å². The van der Waals surface area contributed by atoms with E-state index in [4.69, 9.17) is 18.7 Å². The molecule has 0 fully saturated rings. The molecule has 3 aromatic carbocycles. The molecule has 168 valence electrons. The number of nitrogens with zero attached hydrogens (tertiary/aromatic N) is 1. The van der Waals surface area contributed by atoms with Gasteiger partial charge in [0.1, 0.15) is 12.4 Å². The third-order valence-electron chi connectivity index (χ3n) is 5.36. The molecule has 7 nitrogen and oxygen atoms in total. The van der Waals surface area contributed by atoms with Crippen LogP contribution in [0.1, 0.15) is 37.7 Å². The summed E-state index contributed by atoms with van der Waals surface area (Å²) >= 11 is 0. The fourth-order valence-electron chi connectivity index (χ4n) is 3.43. The Kier molecular flexibility index (Phi) is 6.40. The SMILES string of the molecule is COc1cc(C(=O)OCC(=O)c2ccc3ccccc3c2)ccc1OCc1c(C)noc1C. The molecule has 0 saturated heterocycles. The second-order valence-corrected chi connectivity index (χ2v) is 7.52. The Labute approximate surface area is 190 Å². The van der Waals surface area contributed by atoms with Crippen molar-refractivity contribution in [3.63, 3.8) is 0 Å². The van der Waals surface area contributed by atoms with E-state index in [1.807, 2.05) is 44.2 Å². The molecular formula is C26H23NO6. The maximum atomic E-state index is 12.5. The molecule has 0 spiro atoms. The van der Waals surface area contributed by atoms with Crippen LogP contribution in [0.3, 0.4) is 0 Å². The number of aryl methyl sites for hydroxylation is 2. The van der Waals surface area contributed by atoms with Gasteiger partial charge in [-0.2, -0.15) is 0 Å². The summed E-state index contributed by atoms with van der Waals surface area (Å²) in [7, 11) is 1.48. The number of carbonyl (C=O) groups excluding carboxylic acids is 2. The molecule has 0 radical (unpaired) electrons. The van der Waals surface area contributed by atoms with Gasteiger partial charge in [0.15, 0.2) is 23.9 Å². The van der Waals surface area contributed by atoms with Crippen molar-refractivity contribution < 1.29 is 28.3 Å². The molecule has 1 heterocycles. The van der Waals surface area contributed by atoms with Crippen LogP contribution in [0, 0.1) is 13.8 Å². The maximum Gasteiger partial charge on any atom is 0.338 e. The number of ether oxygens (including phenoxy) is 3. The van der Waals surface area contributed by atoms with E-state index < -0.39 is 5.97 Å². The number of hydrogen-bond acceptors (Lipinski definition) is 7. The number of hydrogen-bond donors (Lipinski definition) is 0. The minimum absolute atomic E-state index is 0.252. The van der Waals surface area contributed by atoms with Crippen LogP contribution in [0.4, 0.5) is 0 Å². The molecule has 0 N–H and O–H groups in total. The quantitative estimate of drug-likeness (QED) is 0.276. The minimum atomic E-state index is -0.625. The zero-order chi connectivity index (χ0) is 23.4. The average Bonchev–Trinajstić information content (AvgIpc) is 3.17. The van der Waals surface area contributed by atoms with Crippen molar-refractivity contribution in [1.29, 1.82) is 0 Å². The highest BCUT2D eigenvalue weighted by atomic mass is 16.5. The zero-order valence-corrected chi connectivity index (χ0v) is 18.6. The van der Waals surface area contributed by atoms with Crippen LogP contribution in [0.5, 0.6) is 11.5 Å². The lowest BCUT2D eigenvalue weighted by molar-refractivity contribution is 0.0474. The van der Waals surface area contributed by atoms with E-state index >= 15 is 0 Å². The number of esters is 1. The first-order chi connectivity index (χ1) is 16.0. The molecule has 0 bridgehead atoms. The van der Waals surface area contributed by atoms with Crippen LogP contribution in [0.25, 0.3) is 10.8 Å². The highest BCUT2D eigenvalue weighted by Crippen LogP contribution is 2.30. The number of rotatable bonds is 8. The van der Waals surface area contributed by atoms with Crippen molar-refractivity contribution in [2.24, 2.45) is 0 Å². The Hall–Kier alpha value is -4.13. The lowest BCUT2D eigenvalue weighted by Gasteiger charge is -2.12. The molecule has 0 aliphatic carbocycles. The summed E-state index contributed by atoms with van der Waals surface area (Å²) in [6.45, 7) is 3.55. The third kappa shape index (κ3) is 4.87. The van der Waals surface area contributed by atoms with Gasteiger partial charge in [-0.3, -0.25) is 4.79 Å². The first kappa shape index (κ1) is 22.1. The van der Waals surface area contributed by atoms with Gasteiger partial charge in [-0.05, 0) is 48.9 Å². The summed E-state index contributed by atoms with van der Waals surface area (Å²) in [6.07, 6.45) is 0. The minimum Gasteiger partial charge on any atom is -0.493 e. The molecule has 0 saturated carbocycles. The molecule has 0 atom stereocenters. The molecule has 33 heavy (non-hydrogen) atoms. The number of Topliss-reactive ketones (excluding diaryl/α,β-unsaturated/α-hetero) is 1. The molecule has 0 unspecified atom stereocenters. The molecule has 0 aliphatic rings. The molecule has 4 rings (SSSR count). The number of carbonyl (C=O) groups is 2. The number of benzene rings is 3. The van der Waals surface area contributed by atoms with E-state index in [9.17, 15) is 9.59 Å². The van der Waals surface area contributed by atoms with Gasteiger partial charge in [-0.25, -0.2) is 4.79 Å². The van der Waals surface area contributed by atoms with Crippen molar-refractivity contribution in [3.05, 3.63) is 88.8 Å². The highest BCUT2D eigenvalue weighted by molar-refractivity contribution is 6.02. The summed E-state index contributed by atoms with van der Waals surface area (Å²) in [5.41, 5.74) is 2.35. The molecular weight excluding hydrogens is 422 g/mol. The van der Waals surface area contributed by atoms with Gasteiger partial charge >= 0.3 is 5.97 Å². The summed E-state index contributed by atoms with van der Waals surface area (Å²) in [6, 6.07) is 17.8. The number of ketones is 1. The fourth-order valence-corrected chi connectivity index (χ4v) is 3.43. The van der Waals surface area contributed by atoms with E-state index in [0.717, 1.165) is 22.0 Å². The topological polar surface area (TPSA) is 87.9 Å². The van der Waals surface area contributed by atoms with Gasteiger partial charge in [0, 0.05) is 5.56 Å². The molecule has 0 aliphatic heterocycles. The van der Waals surface area contributed by atoms with Crippen LogP contribution >= 0.6 is 0 Å². The zero-order valence-electron chi connectivity index (χ0n) is 18.6. The van der Waals surface area contributed by atoms with Gasteiger partial charge in [0.25, 0.3) is 0 Å². The molecule has 7 heteroatoms. The van der Waals surface area contributed by atoms with Crippen molar-refractivity contribution in [3.8, 4) is 11.5 Å². The van der Waals surface area contributed by atoms with E-state index in [1.54, 1.807) is 24.3 Å². The largest absolute Gasteiger partial charge is 0.493 e. The van der Waals surface area contributed by atoms with Gasteiger partial charge in [-0.1, -0.05) is 41.6 Å². The average molecular weight is 445 g/mol. The van der Waals surface area contributed by atoms with Crippen molar-refractivity contribution in [2.45, 2.75) is 20.5 Å². The van der Waals surface area contributed by atoms with Crippen LogP contribution in [0.15, 0.2) is 65.2 Å². The van der Waals surface area contributed by atoms with Gasteiger partial charge in [0.2, 0.25) is 0 Å². The Morgan fingerprint density at radius 2 is 1.67 bits per heavy atom. The summed E-state index contributed by atoms with van der Waals surface area (Å²) in [5.74, 6) is 0.612. The van der Waals surface area contributed by atoms with Crippen LogP contribution in [-0.2, 0) is 11.3 Å². The summed E-state index contributed by atoms with van der Waals surface area (Å²) in [4.78, 5) is 25.0. The Morgan fingerprint density at radius 3 is 2.39 bits per heavy atom. The van der Waals surface area contributed by atoms with Gasteiger partial charge < -0.3 is 18.7 Å². The normalized spacial score (nSPS) is 10.8. The third-order valence-corrected chi connectivity index (χ3v) is 5.36. The Balaban J connectivity index is 1.40. The second-order valence-electron chi connectivity index (χ2n) is 7.52. The highest BCUT2D eigenvalue weighted by Gasteiger charge is 2.16. The monoisotopic (exact) mass is 445 g/mol. The standard InChI is InChI=1S/C26H23NO6/c1-16-22(17(2)33-27-16)14-31-24-11-10-21(13-25(24)30-3)26(29)32-15-23(28)20-9-8-18-6-4-5-7-19(18)12-20/h4-13H,14-15H2,1-3H3. The molecule has 0 amide bonds. The second kappa shape index (κ2) is 9.56. The lowest BCUT2D eigenvalue weighted by Crippen LogP contribution is -2.14. The maximum absolute atomic E-state index is 12.5. The molecule has 4 aromatic rings. The Morgan fingerprint density at radius 1 is 0.909 bits per heavy atom. The van der Waals surface area contributed by atoms with Crippen LogP contribution in [0.2, 0.25) is 0 Å². The first-order valence-electron chi connectivity index (χ1n) is 10.4. The summed E-state index contributed by atoms with van der Waals surface area (Å²) < 4.78 is 21.6. The number of aromatic nitrogens is 1. The Bertz CT molecular complexity index is 1300. The predicted molar refractivity (Wildman–Crippen MR) is 122 cm³/mol. The smallest absolute Gasteiger partial charge is 0.338 e. The van der Waals surface area contributed by atoms with Gasteiger partial charge in [-0.15, -0.1) is 0 Å². The fraction of sp³-hybridized carbons (Fsp3) is 0.192. The van der Waals surface area contributed by atoms with Crippen molar-refractivity contribution in [1.82, 2.24) is 5.16 Å².